The molecule has 4 rings (SSSR count). The van der Waals surface area contributed by atoms with Gasteiger partial charge in [-0.05, 0) is 52.0 Å². The van der Waals surface area contributed by atoms with E-state index in [9.17, 15) is 4.79 Å². The number of hydrogen-bond donors (Lipinski definition) is 3. The minimum absolute atomic E-state index is 0.225. The van der Waals surface area contributed by atoms with E-state index in [-0.39, 0.29) is 12.0 Å². The van der Waals surface area contributed by atoms with Crippen LogP contribution in [0.2, 0.25) is 0 Å². The van der Waals surface area contributed by atoms with Crippen molar-refractivity contribution in [2.75, 3.05) is 17.2 Å². The van der Waals surface area contributed by atoms with Crippen molar-refractivity contribution >= 4 is 44.7 Å². The van der Waals surface area contributed by atoms with Crippen molar-refractivity contribution in [3.05, 3.63) is 53.3 Å². The first-order valence-electron chi connectivity index (χ1n) is 10.2. The number of aryl methyl sites for hydroxylation is 1. The average Bonchev–Trinajstić information content (AvgIpc) is 3.34. The summed E-state index contributed by atoms with van der Waals surface area (Å²) in [7, 11) is 0. The van der Waals surface area contributed by atoms with E-state index in [0.717, 1.165) is 44.4 Å². The van der Waals surface area contributed by atoms with Crippen LogP contribution in [-0.4, -0.2) is 33.6 Å². The van der Waals surface area contributed by atoms with Gasteiger partial charge in [-0.15, -0.1) is 11.3 Å². The molecule has 0 amide bonds. The third-order valence-corrected chi connectivity index (χ3v) is 5.54. The molecule has 0 fully saturated rings. The molecule has 31 heavy (non-hydrogen) atoms. The van der Waals surface area contributed by atoms with E-state index in [1.807, 2.05) is 36.7 Å². The van der Waals surface area contributed by atoms with Gasteiger partial charge in [0.05, 0.1) is 33.6 Å². The molecule has 0 aliphatic rings. The Labute approximate surface area is 184 Å². The Hall–Kier alpha value is -3.39. The summed E-state index contributed by atoms with van der Waals surface area (Å²) in [6.07, 6.45) is 1.80. The smallest absolute Gasteiger partial charge is 0.339 e. The predicted octanol–water partition coefficient (Wildman–Crippen LogP) is 5.74. The van der Waals surface area contributed by atoms with Crippen LogP contribution in [0.4, 0.5) is 17.2 Å². The molecule has 3 aromatic heterocycles. The maximum Gasteiger partial charge on any atom is 0.339 e. The Bertz CT molecular complexity index is 1230. The highest BCUT2D eigenvalue weighted by Crippen LogP contribution is 2.32. The first kappa shape index (κ1) is 20.9. The van der Waals surface area contributed by atoms with Crippen LogP contribution in [0.1, 0.15) is 36.8 Å². The number of carbonyl (C=O) groups is 1. The molecular weight excluding hydrogens is 410 g/mol. The maximum atomic E-state index is 12.2. The quantitative estimate of drug-likeness (QED) is 0.321. The summed E-state index contributed by atoms with van der Waals surface area (Å²) in [6.45, 7) is 8.17. The van der Waals surface area contributed by atoms with Crippen molar-refractivity contribution in [3.8, 4) is 11.3 Å². The van der Waals surface area contributed by atoms with Crippen LogP contribution in [0.3, 0.4) is 0 Å². The van der Waals surface area contributed by atoms with Crippen molar-refractivity contribution < 1.29 is 9.53 Å². The number of hydrogen-bond acceptors (Lipinski definition) is 7. The molecule has 0 saturated heterocycles. The summed E-state index contributed by atoms with van der Waals surface area (Å²) in [5.41, 5.74) is 7.70. The number of nitrogens with zero attached hydrogens (tertiary/aromatic N) is 2. The van der Waals surface area contributed by atoms with Gasteiger partial charge in [0.15, 0.2) is 0 Å². The average molecular weight is 436 g/mol. The maximum absolute atomic E-state index is 12.2. The number of thiazole rings is 1. The van der Waals surface area contributed by atoms with E-state index >= 15 is 0 Å². The summed E-state index contributed by atoms with van der Waals surface area (Å²) in [5.74, 6) is 0.398. The third-order valence-electron chi connectivity index (χ3n) is 4.75. The molecule has 8 heteroatoms. The van der Waals surface area contributed by atoms with E-state index < -0.39 is 0 Å². The second-order valence-corrected chi connectivity index (χ2v) is 8.40. The van der Waals surface area contributed by atoms with Gasteiger partial charge in [-0.3, -0.25) is 0 Å². The largest absolute Gasteiger partial charge is 0.462 e. The van der Waals surface area contributed by atoms with Gasteiger partial charge in [0.25, 0.3) is 0 Å². The monoisotopic (exact) mass is 435 g/mol. The zero-order valence-corrected chi connectivity index (χ0v) is 18.8. The Balaban J connectivity index is 1.67. The molecule has 0 spiro atoms. The van der Waals surface area contributed by atoms with Crippen molar-refractivity contribution in [2.45, 2.75) is 33.7 Å². The molecule has 160 valence electrons. The van der Waals surface area contributed by atoms with E-state index in [0.29, 0.717) is 12.2 Å². The Kier molecular flexibility index (Phi) is 5.90. The third kappa shape index (κ3) is 4.54. The molecule has 1 aromatic carbocycles. The number of rotatable bonds is 7. The number of fused-ring (bicyclic) bond motifs is 1. The van der Waals surface area contributed by atoms with Crippen molar-refractivity contribution in [2.24, 2.45) is 0 Å². The highest BCUT2D eigenvalue weighted by Gasteiger charge is 2.17. The lowest BCUT2D eigenvalue weighted by atomic mass is 10.1. The summed E-state index contributed by atoms with van der Waals surface area (Å²) in [5, 5.41) is 6.86. The van der Waals surface area contributed by atoms with Gasteiger partial charge < -0.3 is 20.4 Å². The first-order chi connectivity index (χ1) is 14.9. The number of carbonyl (C=O) groups excluding carboxylic acids is 1. The fraction of sp³-hybridized carbons (Fsp3) is 0.261. The zero-order chi connectivity index (χ0) is 22.0. The Morgan fingerprint density at radius 1 is 1.23 bits per heavy atom. The van der Waals surface area contributed by atoms with Gasteiger partial charge in [-0.1, -0.05) is 0 Å². The normalized spacial score (nSPS) is 11.1. The van der Waals surface area contributed by atoms with Crippen LogP contribution in [0.15, 0.2) is 42.0 Å². The second-order valence-electron chi connectivity index (χ2n) is 7.52. The summed E-state index contributed by atoms with van der Waals surface area (Å²) < 4.78 is 6.28. The Morgan fingerprint density at radius 3 is 2.84 bits per heavy atom. The second kappa shape index (κ2) is 8.77. The fourth-order valence-electron chi connectivity index (χ4n) is 3.37. The number of benzene rings is 1. The molecule has 0 aliphatic heterocycles. The van der Waals surface area contributed by atoms with Gasteiger partial charge in [0.2, 0.25) is 0 Å². The molecule has 0 aliphatic carbocycles. The van der Waals surface area contributed by atoms with Gasteiger partial charge in [-0.25, -0.2) is 14.8 Å². The first-order valence-corrected chi connectivity index (χ1v) is 11.1. The van der Waals surface area contributed by atoms with Crippen molar-refractivity contribution in [3.63, 3.8) is 0 Å². The lowest BCUT2D eigenvalue weighted by Gasteiger charge is -2.16. The number of ether oxygens (including phenoxy) is 1. The lowest BCUT2D eigenvalue weighted by molar-refractivity contribution is 0.0526. The van der Waals surface area contributed by atoms with Crippen LogP contribution >= 0.6 is 11.3 Å². The molecule has 4 aromatic rings. The number of esters is 1. The van der Waals surface area contributed by atoms with Gasteiger partial charge in [0.1, 0.15) is 5.82 Å². The minimum Gasteiger partial charge on any atom is -0.462 e. The number of nitrogens with one attached hydrogen (secondary N) is 3. The molecule has 0 unspecified atom stereocenters. The lowest BCUT2D eigenvalue weighted by Crippen LogP contribution is -2.11. The van der Waals surface area contributed by atoms with E-state index in [4.69, 9.17) is 4.74 Å². The fourth-order valence-corrected chi connectivity index (χ4v) is 4.09. The molecule has 0 atom stereocenters. The number of H-pyrrole nitrogens is 1. The molecular formula is C23H25N5O2S. The number of pyridine rings is 1. The molecule has 3 N–H and O–H groups in total. The zero-order valence-electron chi connectivity index (χ0n) is 17.9. The van der Waals surface area contributed by atoms with Crippen molar-refractivity contribution in [1.29, 1.82) is 0 Å². The van der Waals surface area contributed by atoms with E-state index in [1.165, 1.54) is 0 Å². The number of anilines is 3. The predicted molar refractivity (Wildman–Crippen MR) is 126 cm³/mol. The SMILES string of the molecule is CCOC(=O)c1cc(-c2cnc(Nc3ccc4ncsc4c3)cc2NC(C)C)[nH]c1C. The van der Waals surface area contributed by atoms with Crippen LogP contribution < -0.4 is 10.6 Å². The van der Waals surface area contributed by atoms with Gasteiger partial charge >= 0.3 is 5.97 Å². The standard InChI is InChI=1S/C23H25N5O2S/c1-5-30-23(29)16-9-19(27-14(16)4)17-11-24-22(10-20(17)26-13(2)3)28-15-6-7-18-21(8-15)31-12-25-18/h6-13,27H,5H2,1-4H3,(H2,24,26,28). The van der Waals surface area contributed by atoms with Gasteiger partial charge in [0, 0.05) is 40.9 Å². The summed E-state index contributed by atoms with van der Waals surface area (Å²) in [6, 6.07) is 10.1. The van der Waals surface area contributed by atoms with Gasteiger partial charge in [-0.2, -0.15) is 0 Å². The van der Waals surface area contributed by atoms with Crippen LogP contribution in [0.25, 0.3) is 21.5 Å². The number of aromatic amines is 1. The molecule has 0 bridgehead atoms. The molecule has 0 radical (unpaired) electrons. The molecule has 0 saturated carbocycles. The molecule has 3 heterocycles. The van der Waals surface area contributed by atoms with Crippen LogP contribution in [-0.2, 0) is 4.74 Å². The van der Waals surface area contributed by atoms with E-state index in [2.05, 4.69) is 45.5 Å². The number of aromatic nitrogens is 3. The highest BCUT2D eigenvalue weighted by atomic mass is 32.1. The molecule has 7 nitrogen and oxygen atoms in total. The minimum atomic E-state index is -0.328. The van der Waals surface area contributed by atoms with E-state index in [1.54, 1.807) is 24.5 Å². The van der Waals surface area contributed by atoms with Crippen LogP contribution in [0, 0.1) is 6.92 Å². The van der Waals surface area contributed by atoms with Crippen molar-refractivity contribution in [1.82, 2.24) is 15.0 Å². The summed E-state index contributed by atoms with van der Waals surface area (Å²) in [4.78, 5) is 24.4. The summed E-state index contributed by atoms with van der Waals surface area (Å²) >= 11 is 1.61. The van der Waals surface area contributed by atoms with Crippen LogP contribution in [0.5, 0.6) is 0 Å². The highest BCUT2D eigenvalue weighted by molar-refractivity contribution is 7.16. The Morgan fingerprint density at radius 2 is 2.06 bits per heavy atom. The topological polar surface area (TPSA) is 91.9 Å².